The Kier molecular flexibility index (Phi) is 2.26. The molecule has 14 heavy (non-hydrogen) atoms. The third-order valence-corrected chi connectivity index (χ3v) is 4.78. The molecule has 0 amide bonds. The molecule has 76 valence electrons. The van der Waals surface area contributed by atoms with Gasteiger partial charge in [-0.2, -0.15) is 0 Å². The molecule has 1 heteroatoms. The van der Waals surface area contributed by atoms with Crippen LogP contribution >= 0.6 is 15.9 Å². The van der Waals surface area contributed by atoms with Crippen molar-refractivity contribution in [2.75, 3.05) is 0 Å². The van der Waals surface area contributed by atoms with E-state index in [0.717, 1.165) is 5.92 Å². The highest BCUT2D eigenvalue weighted by Crippen LogP contribution is 2.51. The number of benzene rings is 1. The summed E-state index contributed by atoms with van der Waals surface area (Å²) in [7, 11) is 0. The molecule has 0 fully saturated rings. The Hall–Kier alpha value is -0.300. The van der Waals surface area contributed by atoms with E-state index >= 15 is 0 Å². The van der Waals surface area contributed by atoms with Crippen molar-refractivity contribution < 1.29 is 0 Å². The van der Waals surface area contributed by atoms with E-state index in [4.69, 9.17) is 0 Å². The maximum absolute atomic E-state index is 3.67. The van der Waals surface area contributed by atoms with Crippen LogP contribution in [0.3, 0.4) is 0 Å². The van der Waals surface area contributed by atoms with E-state index in [1.54, 1.807) is 0 Å². The van der Waals surface area contributed by atoms with E-state index in [1.165, 1.54) is 15.6 Å². The molecule has 1 aromatic carbocycles. The molecular weight excluding hydrogens is 236 g/mol. The van der Waals surface area contributed by atoms with Gasteiger partial charge in [0.25, 0.3) is 0 Å². The lowest BCUT2D eigenvalue weighted by molar-refractivity contribution is 0.342. The fraction of sp³-hybridized carbons (Fsp3) is 0.538. The highest BCUT2D eigenvalue weighted by molar-refractivity contribution is 9.10. The molecule has 1 aliphatic rings. The summed E-state index contributed by atoms with van der Waals surface area (Å²) in [4.78, 5) is 0. The summed E-state index contributed by atoms with van der Waals surface area (Å²) in [5, 5.41) is 0. The van der Waals surface area contributed by atoms with Gasteiger partial charge in [-0.15, -0.1) is 0 Å². The molecule has 0 N–H and O–H groups in total. The number of hydrogen-bond acceptors (Lipinski definition) is 0. The van der Waals surface area contributed by atoms with Crippen molar-refractivity contribution in [1.29, 1.82) is 0 Å². The molecule has 0 bridgehead atoms. The standard InChI is InChI=1S/C13H17Br/c1-8-9(2)13(3,4)10-6-5-7-11(14)12(8)10/h5-9H,1-4H3/t8-,9-/m0/s1. The van der Waals surface area contributed by atoms with Crippen LogP contribution in [0.5, 0.6) is 0 Å². The van der Waals surface area contributed by atoms with E-state index in [9.17, 15) is 0 Å². The first-order chi connectivity index (χ1) is 6.46. The fourth-order valence-electron chi connectivity index (χ4n) is 2.68. The fourth-order valence-corrected chi connectivity index (χ4v) is 3.41. The minimum atomic E-state index is 0.318. The number of rotatable bonds is 0. The molecule has 0 aliphatic heterocycles. The lowest BCUT2D eigenvalue weighted by atomic mass is 9.78. The molecule has 1 aliphatic carbocycles. The predicted octanol–water partition coefficient (Wildman–Crippen LogP) is 4.48. The molecule has 1 aromatic rings. The average molecular weight is 253 g/mol. The highest BCUT2D eigenvalue weighted by atomic mass is 79.9. The van der Waals surface area contributed by atoms with Gasteiger partial charge in [0.1, 0.15) is 0 Å². The van der Waals surface area contributed by atoms with Gasteiger partial charge in [-0.05, 0) is 34.4 Å². The van der Waals surface area contributed by atoms with Gasteiger partial charge in [0.2, 0.25) is 0 Å². The summed E-state index contributed by atoms with van der Waals surface area (Å²) >= 11 is 3.67. The molecule has 0 heterocycles. The molecule has 0 radical (unpaired) electrons. The quantitative estimate of drug-likeness (QED) is 0.639. The van der Waals surface area contributed by atoms with Crippen molar-refractivity contribution in [3.05, 3.63) is 33.8 Å². The zero-order valence-corrected chi connectivity index (χ0v) is 10.9. The molecule has 0 aromatic heterocycles. The second kappa shape index (κ2) is 3.10. The zero-order chi connectivity index (χ0) is 10.5. The van der Waals surface area contributed by atoms with Gasteiger partial charge in [-0.3, -0.25) is 0 Å². The van der Waals surface area contributed by atoms with Crippen LogP contribution in [0.25, 0.3) is 0 Å². The Morgan fingerprint density at radius 2 is 1.86 bits per heavy atom. The molecule has 0 saturated heterocycles. The smallest absolute Gasteiger partial charge is 0.0213 e. The average Bonchev–Trinajstić information content (AvgIpc) is 2.30. The molecule has 0 saturated carbocycles. The summed E-state index contributed by atoms with van der Waals surface area (Å²) in [5.74, 6) is 1.38. The van der Waals surface area contributed by atoms with Crippen LogP contribution in [-0.2, 0) is 5.41 Å². The Morgan fingerprint density at radius 1 is 1.21 bits per heavy atom. The normalized spacial score (nSPS) is 28.9. The monoisotopic (exact) mass is 252 g/mol. The first-order valence-corrected chi connectivity index (χ1v) is 6.04. The van der Waals surface area contributed by atoms with Gasteiger partial charge in [0, 0.05) is 4.47 Å². The van der Waals surface area contributed by atoms with Crippen molar-refractivity contribution in [3.63, 3.8) is 0 Å². The van der Waals surface area contributed by atoms with Crippen LogP contribution < -0.4 is 0 Å². The predicted molar refractivity (Wildman–Crippen MR) is 64.7 cm³/mol. The molecule has 0 nitrogen and oxygen atoms in total. The van der Waals surface area contributed by atoms with Gasteiger partial charge in [0.05, 0.1) is 0 Å². The Morgan fingerprint density at radius 3 is 2.43 bits per heavy atom. The minimum absolute atomic E-state index is 0.318. The minimum Gasteiger partial charge on any atom is -0.0611 e. The third-order valence-electron chi connectivity index (χ3n) is 4.09. The summed E-state index contributed by atoms with van der Waals surface area (Å²) in [6.45, 7) is 9.40. The summed E-state index contributed by atoms with van der Waals surface area (Å²) < 4.78 is 1.28. The molecule has 0 unspecified atom stereocenters. The summed E-state index contributed by atoms with van der Waals surface area (Å²) in [6, 6.07) is 6.58. The second-order valence-corrected chi connectivity index (χ2v) is 5.85. The number of fused-ring (bicyclic) bond motifs is 1. The van der Waals surface area contributed by atoms with Crippen LogP contribution in [-0.4, -0.2) is 0 Å². The van der Waals surface area contributed by atoms with Crippen LogP contribution in [0.1, 0.15) is 44.7 Å². The number of hydrogen-bond donors (Lipinski definition) is 0. The van der Waals surface area contributed by atoms with Crippen molar-refractivity contribution >= 4 is 15.9 Å². The van der Waals surface area contributed by atoms with Crippen LogP contribution in [0.2, 0.25) is 0 Å². The van der Waals surface area contributed by atoms with Gasteiger partial charge in [0.15, 0.2) is 0 Å². The zero-order valence-electron chi connectivity index (χ0n) is 9.26. The molecular formula is C13H17Br. The SMILES string of the molecule is C[C@@H]1c2c(Br)cccc2C(C)(C)[C@H]1C. The maximum atomic E-state index is 3.67. The highest BCUT2D eigenvalue weighted by Gasteiger charge is 2.42. The van der Waals surface area contributed by atoms with Crippen LogP contribution in [0.15, 0.2) is 22.7 Å². The van der Waals surface area contributed by atoms with Crippen molar-refractivity contribution in [2.24, 2.45) is 5.92 Å². The maximum Gasteiger partial charge on any atom is 0.0213 e. The molecule has 2 rings (SSSR count). The van der Waals surface area contributed by atoms with Gasteiger partial charge in [-0.1, -0.05) is 55.8 Å². The Balaban J connectivity index is 2.68. The van der Waals surface area contributed by atoms with Crippen LogP contribution in [0.4, 0.5) is 0 Å². The van der Waals surface area contributed by atoms with Crippen molar-refractivity contribution in [3.8, 4) is 0 Å². The Labute approximate surface area is 94.8 Å². The summed E-state index contributed by atoms with van der Waals surface area (Å²) in [6.07, 6.45) is 0. The first kappa shape index (κ1) is 10.2. The second-order valence-electron chi connectivity index (χ2n) is 5.00. The van der Waals surface area contributed by atoms with Gasteiger partial charge in [-0.25, -0.2) is 0 Å². The van der Waals surface area contributed by atoms with Crippen molar-refractivity contribution in [2.45, 2.75) is 39.0 Å². The Bertz CT molecular complexity index is 365. The van der Waals surface area contributed by atoms with E-state index in [2.05, 4.69) is 61.8 Å². The van der Waals surface area contributed by atoms with E-state index in [1.807, 2.05) is 0 Å². The third kappa shape index (κ3) is 1.18. The summed E-state index contributed by atoms with van der Waals surface area (Å²) in [5.41, 5.74) is 3.36. The van der Waals surface area contributed by atoms with Gasteiger partial charge >= 0.3 is 0 Å². The first-order valence-electron chi connectivity index (χ1n) is 5.25. The lowest BCUT2D eigenvalue weighted by Gasteiger charge is -2.26. The topological polar surface area (TPSA) is 0 Å². The number of halogens is 1. The van der Waals surface area contributed by atoms with Crippen molar-refractivity contribution in [1.82, 2.24) is 0 Å². The molecule has 2 atom stereocenters. The largest absolute Gasteiger partial charge is 0.0611 e. The lowest BCUT2D eigenvalue weighted by Crippen LogP contribution is -2.22. The van der Waals surface area contributed by atoms with E-state index in [0.29, 0.717) is 11.3 Å². The molecule has 0 spiro atoms. The van der Waals surface area contributed by atoms with E-state index in [-0.39, 0.29) is 0 Å². The van der Waals surface area contributed by atoms with E-state index < -0.39 is 0 Å². The van der Waals surface area contributed by atoms with Gasteiger partial charge < -0.3 is 0 Å². The van der Waals surface area contributed by atoms with Crippen LogP contribution in [0, 0.1) is 5.92 Å².